The molecule has 0 saturated heterocycles. The fourth-order valence-electron chi connectivity index (χ4n) is 4.09. The van der Waals surface area contributed by atoms with E-state index in [1.54, 1.807) is 6.08 Å². The Balaban J connectivity index is 1.89. The van der Waals surface area contributed by atoms with Gasteiger partial charge in [-0.3, -0.25) is 0 Å². The molecular formula is C30H35N. The van der Waals surface area contributed by atoms with E-state index in [9.17, 15) is 0 Å². The van der Waals surface area contributed by atoms with Gasteiger partial charge in [-0.05, 0) is 72.4 Å². The van der Waals surface area contributed by atoms with Gasteiger partial charge in [0.2, 0.25) is 0 Å². The Morgan fingerprint density at radius 2 is 1.87 bits per heavy atom. The molecule has 31 heavy (non-hydrogen) atoms. The van der Waals surface area contributed by atoms with Crippen molar-refractivity contribution in [1.29, 1.82) is 0 Å². The summed E-state index contributed by atoms with van der Waals surface area (Å²) in [5.74, 6) is 0. The highest BCUT2D eigenvalue weighted by Gasteiger charge is 2.22. The minimum absolute atomic E-state index is 0.0897. The van der Waals surface area contributed by atoms with E-state index in [4.69, 9.17) is 0 Å². The average molecular weight is 410 g/mol. The van der Waals surface area contributed by atoms with Crippen molar-refractivity contribution in [3.63, 3.8) is 0 Å². The molecule has 0 atom stereocenters. The standard InChI is InChI=1S/C30H35N/c1-5-6-7-8-9-15-25-16-10-13-20-29(25)31-26-17-14-23-30(3,4)28-19-12-11-18-27(28)24(2)21-22-26/h5-12,14,16-19,21-22,31H,1,13,15,20,23H2,2-4H3/b7-6-,9-8-,17-14+,24-21+,26-22+. The van der Waals surface area contributed by atoms with Gasteiger partial charge in [0.05, 0.1) is 0 Å². The van der Waals surface area contributed by atoms with Crippen molar-refractivity contribution in [3.05, 3.63) is 126 Å². The first-order valence-corrected chi connectivity index (χ1v) is 11.3. The predicted molar refractivity (Wildman–Crippen MR) is 137 cm³/mol. The summed E-state index contributed by atoms with van der Waals surface area (Å²) in [6.45, 7) is 10.6. The highest BCUT2D eigenvalue weighted by atomic mass is 14.9. The van der Waals surface area contributed by atoms with Crippen LogP contribution in [0.5, 0.6) is 0 Å². The van der Waals surface area contributed by atoms with E-state index in [2.05, 4.69) is 106 Å². The SMILES string of the molecule is C=C/C=C\C=C/CC1=C(NC2=C/C=C(\C)c3ccccc3C(C)(C)C\C=C\2)CCC=C1. The molecule has 0 aliphatic heterocycles. The summed E-state index contributed by atoms with van der Waals surface area (Å²) in [5.41, 5.74) is 7.97. The third-order valence-corrected chi connectivity index (χ3v) is 5.91. The van der Waals surface area contributed by atoms with Crippen LogP contribution in [0.15, 0.2) is 115 Å². The fourth-order valence-corrected chi connectivity index (χ4v) is 4.09. The monoisotopic (exact) mass is 409 g/mol. The van der Waals surface area contributed by atoms with E-state index in [0.29, 0.717) is 0 Å². The van der Waals surface area contributed by atoms with Gasteiger partial charge in [0.1, 0.15) is 0 Å². The number of hydrogen-bond donors (Lipinski definition) is 1. The van der Waals surface area contributed by atoms with E-state index in [1.165, 1.54) is 28.0 Å². The lowest BCUT2D eigenvalue weighted by Crippen LogP contribution is -2.19. The van der Waals surface area contributed by atoms with Crippen LogP contribution >= 0.6 is 0 Å². The molecule has 1 nitrogen and oxygen atoms in total. The van der Waals surface area contributed by atoms with Gasteiger partial charge in [0.15, 0.2) is 0 Å². The van der Waals surface area contributed by atoms with Crippen LogP contribution in [0.4, 0.5) is 0 Å². The van der Waals surface area contributed by atoms with Gasteiger partial charge in [-0.2, -0.15) is 0 Å². The Kier molecular flexibility index (Phi) is 7.89. The van der Waals surface area contributed by atoms with Crippen molar-refractivity contribution in [1.82, 2.24) is 5.32 Å². The molecule has 0 unspecified atom stereocenters. The lowest BCUT2D eigenvalue weighted by Gasteiger charge is -2.27. The van der Waals surface area contributed by atoms with Crippen LogP contribution in [0.3, 0.4) is 0 Å². The molecule has 0 bridgehead atoms. The van der Waals surface area contributed by atoms with Gasteiger partial charge in [-0.25, -0.2) is 0 Å². The average Bonchev–Trinajstić information content (AvgIpc) is 2.77. The number of hydrogen-bond acceptors (Lipinski definition) is 1. The number of benzene rings is 1. The van der Waals surface area contributed by atoms with E-state index >= 15 is 0 Å². The second-order valence-electron chi connectivity index (χ2n) is 8.83. The molecule has 0 radical (unpaired) electrons. The van der Waals surface area contributed by atoms with Crippen LogP contribution in [-0.2, 0) is 5.41 Å². The summed E-state index contributed by atoms with van der Waals surface area (Å²) in [5, 5.41) is 3.74. The van der Waals surface area contributed by atoms with Gasteiger partial charge >= 0.3 is 0 Å². The highest BCUT2D eigenvalue weighted by molar-refractivity contribution is 5.69. The lowest BCUT2D eigenvalue weighted by atomic mass is 9.77. The molecule has 3 rings (SSSR count). The van der Waals surface area contributed by atoms with E-state index < -0.39 is 0 Å². The molecule has 0 amide bonds. The van der Waals surface area contributed by atoms with Gasteiger partial charge in [0, 0.05) is 11.4 Å². The Bertz CT molecular complexity index is 1000. The highest BCUT2D eigenvalue weighted by Crippen LogP contribution is 2.34. The Morgan fingerprint density at radius 3 is 2.71 bits per heavy atom. The van der Waals surface area contributed by atoms with Crippen molar-refractivity contribution in [2.75, 3.05) is 0 Å². The Morgan fingerprint density at radius 1 is 1.03 bits per heavy atom. The molecule has 1 heteroatoms. The molecular weight excluding hydrogens is 374 g/mol. The number of fused-ring (bicyclic) bond motifs is 1. The molecule has 160 valence electrons. The van der Waals surface area contributed by atoms with Crippen molar-refractivity contribution >= 4 is 5.57 Å². The molecule has 0 spiro atoms. The molecule has 2 aliphatic rings. The summed E-state index contributed by atoms with van der Waals surface area (Å²) >= 11 is 0. The maximum atomic E-state index is 3.74. The Labute approximate surface area is 188 Å². The van der Waals surface area contributed by atoms with Gasteiger partial charge < -0.3 is 5.32 Å². The summed E-state index contributed by atoms with van der Waals surface area (Å²) in [4.78, 5) is 0. The normalized spacial score (nSPS) is 23.1. The van der Waals surface area contributed by atoms with Crippen molar-refractivity contribution in [2.24, 2.45) is 0 Å². The van der Waals surface area contributed by atoms with Crippen molar-refractivity contribution in [2.45, 2.75) is 51.9 Å². The second kappa shape index (κ2) is 10.8. The predicted octanol–water partition coefficient (Wildman–Crippen LogP) is 8.09. The second-order valence-corrected chi connectivity index (χ2v) is 8.83. The molecule has 2 aliphatic carbocycles. The molecule has 0 saturated carbocycles. The van der Waals surface area contributed by atoms with E-state index in [-0.39, 0.29) is 5.41 Å². The zero-order valence-electron chi connectivity index (χ0n) is 19.2. The summed E-state index contributed by atoms with van der Waals surface area (Å²) in [6.07, 6.45) is 27.6. The van der Waals surface area contributed by atoms with Crippen LogP contribution in [0, 0.1) is 0 Å². The zero-order chi connectivity index (χ0) is 22.1. The molecule has 1 aromatic carbocycles. The van der Waals surface area contributed by atoms with E-state index in [1.807, 2.05) is 12.2 Å². The van der Waals surface area contributed by atoms with Crippen LogP contribution in [0.2, 0.25) is 0 Å². The molecule has 0 heterocycles. The maximum absolute atomic E-state index is 3.74. The quantitative estimate of drug-likeness (QED) is 0.468. The first-order chi connectivity index (χ1) is 15.0. The third kappa shape index (κ3) is 6.21. The lowest BCUT2D eigenvalue weighted by molar-refractivity contribution is 0.532. The number of allylic oxidation sites excluding steroid dienone is 14. The molecule has 0 aromatic heterocycles. The van der Waals surface area contributed by atoms with Gasteiger partial charge in [-0.15, -0.1) is 0 Å². The molecule has 1 aromatic rings. The van der Waals surface area contributed by atoms with Crippen molar-refractivity contribution in [3.8, 4) is 0 Å². The number of nitrogens with one attached hydrogen (secondary N) is 1. The van der Waals surface area contributed by atoms with Gasteiger partial charge in [0.25, 0.3) is 0 Å². The first kappa shape index (κ1) is 22.6. The first-order valence-electron chi connectivity index (χ1n) is 11.3. The number of rotatable bonds is 6. The Hall–Kier alpha value is -3.06. The van der Waals surface area contributed by atoms with Gasteiger partial charge in [-0.1, -0.05) is 99.4 Å². The minimum atomic E-state index is 0.0897. The maximum Gasteiger partial charge on any atom is 0.0378 e. The van der Waals surface area contributed by atoms with Crippen LogP contribution in [0.25, 0.3) is 5.57 Å². The largest absolute Gasteiger partial charge is 0.359 e. The molecule has 0 fully saturated rings. The molecule has 1 N–H and O–H groups in total. The van der Waals surface area contributed by atoms with Crippen LogP contribution in [0.1, 0.15) is 57.6 Å². The fraction of sp³-hybridized carbons (Fsp3) is 0.267. The van der Waals surface area contributed by atoms with E-state index in [0.717, 1.165) is 31.4 Å². The minimum Gasteiger partial charge on any atom is -0.359 e. The summed E-state index contributed by atoms with van der Waals surface area (Å²) < 4.78 is 0. The van der Waals surface area contributed by atoms with Crippen molar-refractivity contribution < 1.29 is 0 Å². The van der Waals surface area contributed by atoms with Crippen LogP contribution in [-0.4, -0.2) is 0 Å². The smallest absolute Gasteiger partial charge is 0.0378 e. The zero-order valence-corrected chi connectivity index (χ0v) is 19.2. The topological polar surface area (TPSA) is 12.0 Å². The van der Waals surface area contributed by atoms with Crippen LogP contribution < -0.4 is 5.32 Å². The summed E-state index contributed by atoms with van der Waals surface area (Å²) in [7, 11) is 0. The summed E-state index contributed by atoms with van der Waals surface area (Å²) in [6, 6.07) is 8.81. The third-order valence-electron chi connectivity index (χ3n) is 5.91.